The van der Waals surface area contributed by atoms with E-state index in [1.807, 2.05) is 6.08 Å². The highest BCUT2D eigenvalue weighted by atomic mass is 35.5. The van der Waals surface area contributed by atoms with Gasteiger partial charge in [0.25, 0.3) is 11.8 Å². The van der Waals surface area contributed by atoms with Gasteiger partial charge < -0.3 is 9.84 Å². The summed E-state index contributed by atoms with van der Waals surface area (Å²) in [5, 5.41) is 12.3. The minimum Gasteiger partial charge on any atom is -0.508 e. The number of ether oxygens (including phenoxy) is 1. The van der Waals surface area contributed by atoms with Gasteiger partial charge in [0.05, 0.1) is 41.0 Å². The molecule has 2 heterocycles. The summed E-state index contributed by atoms with van der Waals surface area (Å²) in [6.45, 7) is 0. The SMILES string of the molecule is COc1ccc([C@@]23C(=O)N(Nc4ccc(Cl)cc4Cl)C(=O)[C@@H]2C[C@@H]2C(=CC[C@@H]4C(=O)N(C5CCCCC5)C(=O)[C@@H]42)[C@@H]3c2ccc(O)cc2Cl)cc1. The summed E-state index contributed by atoms with van der Waals surface area (Å²) in [5.41, 5.74) is 3.64. The van der Waals surface area contributed by atoms with Crippen LogP contribution in [0.2, 0.25) is 15.1 Å². The minimum absolute atomic E-state index is 0.0574. The summed E-state index contributed by atoms with van der Waals surface area (Å²) in [5.74, 6) is -4.41. The zero-order valence-electron chi connectivity index (χ0n) is 27.8. The van der Waals surface area contributed by atoms with Gasteiger partial charge in [0.1, 0.15) is 11.5 Å². The van der Waals surface area contributed by atoms with E-state index in [2.05, 4.69) is 5.43 Å². The number of allylic oxidation sites excluding steroid dienone is 2. The first-order valence-electron chi connectivity index (χ1n) is 17.4. The molecule has 3 aromatic rings. The second kappa shape index (κ2) is 12.9. The average molecular weight is 749 g/mol. The monoisotopic (exact) mass is 747 g/mol. The number of phenols is 1. The number of nitrogens with zero attached hydrogens (tertiary/aromatic N) is 2. The van der Waals surface area contributed by atoms with Crippen LogP contribution in [0.4, 0.5) is 5.69 Å². The molecular formula is C39H36Cl3N3O6. The van der Waals surface area contributed by atoms with Gasteiger partial charge in [-0.25, -0.2) is 0 Å². The number of amides is 4. The highest BCUT2D eigenvalue weighted by Gasteiger charge is 2.70. The van der Waals surface area contributed by atoms with Gasteiger partial charge in [-0.1, -0.05) is 83.9 Å². The molecular weight excluding hydrogens is 713 g/mol. The van der Waals surface area contributed by atoms with Gasteiger partial charge in [0.15, 0.2) is 0 Å². The Hall–Kier alpha value is -4.05. The second-order valence-electron chi connectivity index (χ2n) is 14.3. The van der Waals surface area contributed by atoms with E-state index in [0.717, 1.165) is 42.7 Å². The predicted molar refractivity (Wildman–Crippen MR) is 192 cm³/mol. The number of nitrogens with one attached hydrogen (secondary N) is 1. The van der Waals surface area contributed by atoms with Crippen LogP contribution in [-0.2, 0) is 24.6 Å². The highest BCUT2D eigenvalue weighted by molar-refractivity contribution is 6.36. The van der Waals surface area contributed by atoms with Crippen LogP contribution in [0.25, 0.3) is 0 Å². The van der Waals surface area contributed by atoms with E-state index in [1.54, 1.807) is 49.6 Å². The van der Waals surface area contributed by atoms with Crippen molar-refractivity contribution in [3.63, 3.8) is 0 Å². The number of hydrazine groups is 1. The number of aromatic hydroxyl groups is 1. The molecule has 2 aliphatic heterocycles. The van der Waals surface area contributed by atoms with E-state index in [-0.39, 0.29) is 40.1 Å². The number of halogens is 3. The number of rotatable bonds is 6. The van der Waals surface area contributed by atoms with E-state index in [0.29, 0.717) is 34.0 Å². The molecule has 0 radical (unpaired) electrons. The van der Waals surface area contributed by atoms with Crippen LogP contribution in [0.15, 0.2) is 72.3 Å². The molecule has 0 spiro atoms. The number of hydrogen-bond acceptors (Lipinski definition) is 7. The number of fused-ring (bicyclic) bond motifs is 4. The number of phenolic OH excluding ortho intramolecular Hbond substituents is 1. The lowest BCUT2D eigenvalue weighted by atomic mass is 9.49. The summed E-state index contributed by atoms with van der Waals surface area (Å²) < 4.78 is 5.46. The van der Waals surface area contributed by atoms with Crippen LogP contribution in [0.3, 0.4) is 0 Å². The van der Waals surface area contributed by atoms with Gasteiger partial charge in [-0.3, -0.25) is 29.5 Å². The fraction of sp³-hybridized carbons (Fsp3) is 0.385. The number of benzene rings is 3. The molecule has 3 aliphatic carbocycles. The fourth-order valence-corrected chi connectivity index (χ4v) is 10.4. The molecule has 12 heteroatoms. The molecule has 9 nitrogen and oxygen atoms in total. The Morgan fingerprint density at radius 2 is 1.59 bits per heavy atom. The molecule has 4 fully saturated rings. The molecule has 6 atom stereocenters. The molecule has 51 heavy (non-hydrogen) atoms. The lowest BCUT2D eigenvalue weighted by Gasteiger charge is -2.50. The van der Waals surface area contributed by atoms with E-state index in [9.17, 15) is 19.5 Å². The first-order valence-corrected chi connectivity index (χ1v) is 18.5. The molecule has 0 aromatic heterocycles. The standard InChI is InChI=1S/C39H36Cl3N3O6/c1-51-24-11-7-20(8-12-24)39-29(36(48)45(38(39)50)43-32-16-9-21(40)17-31(32)42)19-28-25(34(39)26-13-10-23(46)18-30(26)41)14-15-27-33(28)37(49)44(35(27)47)22-5-3-2-4-6-22/h7-14,16-18,22,27-29,33-34,43,46H,2-6,15,19H2,1H3/t27-,28+,29-,33-,34+,39+/m0/s1. The van der Waals surface area contributed by atoms with Gasteiger partial charge in [0.2, 0.25) is 11.8 Å². The van der Waals surface area contributed by atoms with E-state index < -0.39 is 46.8 Å². The number of likely N-dealkylation sites (tertiary alicyclic amines) is 1. The number of hydrogen-bond donors (Lipinski definition) is 2. The number of methoxy groups -OCH3 is 1. The Morgan fingerprint density at radius 1 is 0.843 bits per heavy atom. The Morgan fingerprint density at radius 3 is 2.27 bits per heavy atom. The van der Waals surface area contributed by atoms with Crippen LogP contribution < -0.4 is 10.2 Å². The van der Waals surface area contributed by atoms with Gasteiger partial charge >= 0.3 is 0 Å². The Balaban J connectivity index is 1.32. The summed E-state index contributed by atoms with van der Waals surface area (Å²) in [7, 11) is 1.55. The van der Waals surface area contributed by atoms with Crippen molar-refractivity contribution in [1.82, 2.24) is 9.91 Å². The van der Waals surface area contributed by atoms with Crippen molar-refractivity contribution in [3.8, 4) is 11.5 Å². The van der Waals surface area contributed by atoms with Gasteiger partial charge in [-0.05, 0) is 85.2 Å². The maximum atomic E-state index is 15.3. The molecule has 3 aromatic carbocycles. The summed E-state index contributed by atoms with van der Waals surface area (Å²) in [6.07, 6.45) is 7.07. The van der Waals surface area contributed by atoms with Crippen LogP contribution >= 0.6 is 34.8 Å². The van der Waals surface area contributed by atoms with Crippen LogP contribution in [0, 0.1) is 23.7 Å². The lowest BCUT2D eigenvalue weighted by molar-refractivity contribution is -0.144. The molecule has 8 rings (SSSR count). The van der Waals surface area contributed by atoms with Crippen molar-refractivity contribution in [2.24, 2.45) is 23.7 Å². The lowest BCUT2D eigenvalue weighted by Crippen LogP contribution is -2.53. The van der Waals surface area contributed by atoms with Crippen LogP contribution in [0.1, 0.15) is 62.0 Å². The van der Waals surface area contributed by atoms with Gasteiger partial charge in [-0.2, -0.15) is 5.01 Å². The maximum absolute atomic E-state index is 15.3. The first-order chi connectivity index (χ1) is 24.6. The zero-order valence-corrected chi connectivity index (χ0v) is 30.0. The molecule has 264 valence electrons. The van der Waals surface area contributed by atoms with Crippen molar-refractivity contribution in [2.45, 2.75) is 62.3 Å². The average Bonchev–Trinajstić information content (AvgIpc) is 3.50. The molecule has 0 bridgehead atoms. The van der Waals surface area contributed by atoms with E-state index >= 15 is 4.79 Å². The number of anilines is 1. The van der Waals surface area contributed by atoms with Crippen molar-refractivity contribution >= 4 is 64.1 Å². The van der Waals surface area contributed by atoms with Crippen molar-refractivity contribution in [3.05, 3.63) is 98.5 Å². The molecule has 5 aliphatic rings. The molecule has 2 saturated heterocycles. The number of carbonyl (C=O) groups excluding carboxylic acids is 4. The van der Waals surface area contributed by atoms with Gasteiger partial charge in [0, 0.05) is 22.0 Å². The Labute approximate surface area is 310 Å². The largest absolute Gasteiger partial charge is 0.508 e. The quantitative estimate of drug-likeness (QED) is 0.196. The third kappa shape index (κ3) is 5.18. The zero-order chi connectivity index (χ0) is 35.8. The molecule has 2 saturated carbocycles. The smallest absolute Gasteiger partial charge is 0.260 e. The fourth-order valence-electron chi connectivity index (χ4n) is 9.66. The first kappa shape index (κ1) is 34.1. The topological polar surface area (TPSA) is 116 Å². The number of carbonyl (C=O) groups is 4. The third-order valence-electron chi connectivity index (χ3n) is 11.8. The number of imide groups is 2. The van der Waals surface area contributed by atoms with Crippen LogP contribution in [-0.4, -0.2) is 51.8 Å². The van der Waals surface area contributed by atoms with Crippen molar-refractivity contribution in [1.29, 1.82) is 0 Å². The summed E-state index contributed by atoms with van der Waals surface area (Å²) in [6, 6.07) is 16.3. The minimum atomic E-state index is -1.54. The van der Waals surface area contributed by atoms with Gasteiger partial charge in [-0.15, -0.1) is 0 Å². The Bertz CT molecular complexity index is 2000. The van der Waals surface area contributed by atoms with E-state index in [4.69, 9.17) is 39.5 Å². The van der Waals surface area contributed by atoms with Crippen molar-refractivity contribution in [2.75, 3.05) is 12.5 Å². The molecule has 2 N–H and O–H groups in total. The predicted octanol–water partition coefficient (Wildman–Crippen LogP) is 7.68. The maximum Gasteiger partial charge on any atom is 0.260 e. The molecule has 0 unspecified atom stereocenters. The summed E-state index contributed by atoms with van der Waals surface area (Å²) in [4.78, 5) is 60.2. The second-order valence-corrected chi connectivity index (χ2v) is 15.5. The summed E-state index contributed by atoms with van der Waals surface area (Å²) >= 11 is 19.7. The van der Waals surface area contributed by atoms with Crippen LogP contribution in [0.5, 0.6) is 11.5 Å². The highest BCUT2D eigenvalue weighted by Crippen LogP contribution is 2.65. The molecule has 4 amide bonds. The van der Waals surface area contributed by atoms with E-state index in [1.165, 1.54) is 23.1 Å². The Kier molecular flexibility index (Phi) is 8.59. The van der Waals surface area contributed by atoms with Crippen molar-refractivity contribution < 1.29 is 29.0 Å². The normalized spacial score (nSPS) is 29.1. The third-order valence-corrected chi connectivity index (χ3v) is 12.7.